The van der Waals surface area contributed by atoms with E-state index in [0.717, 1.165) is 23.2 Å². The Morgan fingerprint density at radius 3 is 2.92 bits per heavy atom. The van der Waals surface area contributed by atoms with Gasteiger partial charge in [-0.1, -0.05) is 6.07 Å². The molecule has 0 fully saturated rings. The first-order valence-electron chi connectivity index (χ1n) is 8.19. The van der Waals surface area contributed by atoms with E-state index in [9.17, 15) is 4.79 Å². The molecule has 3 heterocycles. The third-order valence-corrected chi connectivity index (χ3v) is 4.40. The number of pyridine rings is 1. The van der Waals surface area contributed by atoms with Gasteiger partial charge in [-0.15, -0.1) is 0 Å². The topological polar surface area (TPSA) is 71.1 Å². The number of rotatable bonds is 3. The van der Waals surface area contributed by atoms with Crippen LogP contribution in [0, 0.1) is 6.92 Å². The first kappa shape index (κ1) is 15.4. The van der Waals surface area contributed by atoms with Gasteiger partial charge in [0.1, 0.15) is 11.5 Å². The Kier molecular flexibility index (Phi) is 3.93. The zero-order chi connectivity index (χ0) is 17.2. The molecule has 3 aromatic rings. The molecule has 1 amide bonds. The van der Waals surface area contributed by atoms with Crippen molar-refractivity contribution in [2.24, 2.45) is 0 Å². The quantitative estimate of drug-likeness (QED) is 0.799. The highest BCUT2D eigenvalue weighted by molar-refractivity contribution is 5.95. The third kappa shape index (κ3) is 3.10. The van der Waals surface area contributed by atoms with Crippen LogP contribution in [0.25, 0.3) is 0 Å². The Labute approximate surface area is 145 Å². The monoisotopic (exact) mass is 334 g/mol. The fraction of sp³-hybridized carbons (Fsp3) is 0.211. The van der Waals surface area contributed by atoms with Crippen molar-refractivity contribution in [1.29, 1.82) is 0 Å². The number of nitrogens with zero attached hydrogens (tertiary/aromatic N) is 3. The number of carbonyl (C=O) groups is 1. The lowest BCUT2D eigenvalue weighted by molar-refractivity contribution is 0.0734. The Bertz CT molecular complexity index is 905. The van der Waals surface area contributed by atoms with Crippen LogP contribution < -0.4 is 4.74 Å². The lowest BCUT2D eigenvalue weighted by atomic mass is 10.1. The fourth-order valence-electron chi connectivity index (χ4n) is 2.95. The number of ether oxygens (including phenoxy) is 1. The molecule has 1 aliphatic rings. The average Bonchev–Trinajstić information content (AvgIpc) is 3.11. The van der Waals surface area contributed by atoms with Crippen LogP contribution in [0.15, 0.2) is 48.9 Å². The molecule has 0 bridgehead atoms. The Balaban J connectivity index is 1.56. The second-order valence-corrected chi connectivity index (χ2v) is 6.12. The maximum atomic E-state index is 12.9. The molecule has 25 heavy (non-hydrogen) atoms. The normalized spacial score (nSPS) is 13.4. The minimum atomic E-state index is 0.00595. The van der Waals surface area contributed by atoms with Gasteiger partial charge in [0.25, 0.3) is 5.91 Å². The van der Waals surface area contributed by atoms with E-state index in [0.29, 0.717) is 30.2 Å². The SMILES string of the molecule is Cc1ccc(C(=O)N2CCc3[nH]ncc3C2)cc1Oc1ccncc1. The van der Waals surface area contributed by atoms with Crippen LogP contribution in [0.2, 0.25) is 0 Å². The molecule has 0 spiro atoms. The first-order chi connectivity index (χ1) is 12.2. The number of aryl methyl sites for hydroxylation is 1. The van der Waals surface area contributed by atoms with Crippen LogP contribution >= 0.6 is 0 Å². The number of hydrogen-bond acceptors (Lipinski definition) is 4. The van der Waals surface area contributed by atoms with Gasteiger partial charge in [0, 0.05) is 48.7 Å². The maximum Gasteiger partial charge on any atom is 0.254 e. The number of H-pyrrole nitrogens is 1. The minimum absolute atomic E-state index is 0.00595. The molecule has 0 atom stereocenters. The van der Waals surface area contributed by atoms with Crippen molar-refractivity contribution >= 4 is 5.91 Å². The summed E-state index contributed by atoms with van der Waals surface area (Å²) < 4.78 is 5.91. The van der Waals surface area contributed by atoms with Gasteiger partial charge >= 0.3 is 0 Å². The molecule has 0 saturated carbocycles. The molecule has 0 saturated heterocycles. The van der Waals surface area contributed by atoms with Gasteiger partial charge < -0.3 is 9.64 Å². The van der Waals surface area contributed by atoms with Crippen LogP contribution in [0.1, 0.15) is 27.2 Å². The van der Waals surface area contributed by atoms with Crippen molar-refractivity contribution in [1.82, 2.24) is 20.1 Å². The highest BCUT2D eigenvalue weighted by Crippen LogP contribution is 2.27. The number of aromatic nitrogens is 3. The number of hydrogen-bond donors (Lipinski definition) is 1. The molecule has 6 nitrogen and oxygen atoms in total. The fourth-order valence-corrected chi connectivity index (χ4v) is 2.95. The van der Waals surface area contributed by atoms with Crippen molar-refractivity contribution in [3.05, 3.63) is 71.3 Å². The van der Waals surface area contributed by atoms with E-state index in [-0.39, 0.29) is 5.91 Å². The number of nitrogens with one attached hydrogen (secondary N) is 1. The van der Waals surface area contributed by atoms with Crippen LogP contribution in [0.5, 0.6) is 11.5 Å². The van der Waals surface area contributed by atoms with Gasteiger partial charge in [0.05, 0.1) is 6.20 Å². The highest BCUT2D eigenvalue weighted by atomic mass is 16.5. The summed E-state index contributed by atoms with van der Waals surface area (Å²) in [6.07, 6.45) is 5.95. The molecule has 2 aromatic heterocycles. The summed E-state index contributed by atoms with van der Waals surface area (Å²) in [5.74, 6) is 1.38. The summed E-state index contributed by atoms with van der Waals surface area (Å²) in [4.78, 5) is 18.7. The Hall–Kier alpha value is -3.15. The minimum Gasteiger partial charge on any atom is -0.457 e. The molecule has 0 aliphatic carbocycles. The Morgan fingerprint density at radius 2 is 2.08 bits per heavy atom. The molecular weight excluding hydrogens is 316 g/mol. The van der Waals surface area contributed by atoms with E-state index in [1.54, 1.807) is 30.7 Å². The van der Waals surface area contributed by atoms with Gasteiger partial charge in [0.15, 0.2) is 0 Å². The number of aromatic amines is 1. The average molecular weight is 334 g/mol. The predicted molar refractivity (Wildman–Crippen MR) is 92.5 cm³/mol. The van der Waals surface area contributed by atoms with E-state index in [1.807, 2.05) is 30.0 Å². The van der Waals surface area contributed by atoms with Gasteiger partial charge in [-0.2, -0.15) is 5.10 Å². The zero-order valence-electron chi connectivity index (χ0n) is 13.9. The smallest absolute Gasteiger partial charge is 0.254 e. The van der Waals surface area contributed by atoms with Gasteiger partial charge in [-0.3, -0.25) is 14.9 Å². The van der Waals surface area contributed by atoms with E-state index >= 15 is 0 Å². The summed E-state index contributed by atoms with van der Waals surface area (Å²) in [6.45, 7) is 3.23. The summed E-state index contributed by atoms with van der Waals surface area (Å²) >= 11 is 0. The lowest BCUT2D eigenvalue weighted by Crippen LogP contribution is -2.35. The standard InChI is InChI=1S/C19H18N4O2/c1-13-2-3-14(10-18(13)25-16-4-7-20-8-5-16)19(24)23-9-6-17-15(12-23)11-21-22-17/h2-5,7-8,10-11H,6,9,12H2,1H3,(H,21,22). The largest absolute Gasteiger partial charge is 0.457 e. The van der Waals surface area contributed by atoms with E-state index < -0.39 is 0 Å². The Morgan fingerprint density at radius 1 is 1.24 bits per heavy atom. The van der Waals surface area contributed by atoms with Crippen molar-refractivity contribution in [3.63, 3.8) is 0 Å². The van der Waals surface area contributed by atoms with E-state index in [1.165, 1.54) is 0 Å². The molecule has 0 unspecified atom stereocenters. The first-order valence-corrected chi connectivity index (χ1v) is 8.19. The molecule has 6 heteroatoms. The summed E-state index contributed by atoms with van der Waals surface area (Å²) in [6, 6.07) is 9.15. The van der Waals surface area contributed by atoms with Crippen molar-refractivity contribution in [2.45, 2.75) is 19.9 Å². The second-order valence-electron chi connectivity index (χ2n) is 6.12. The molecule has 1 aliphatic heterocycles. The van der Waals surface area contributed by atoms with Crippen LogP contribution in [-0.2, 0) is 13.0 Å². The molecular formula is C19H18N4O2. The van der Waals surface area contributed by atoms with Crippen molar-refractivity contribution < 1.29 is 9.53 Å². The summed E-state index contributed by atoms with van der Waals surface area (Å²) in [5.41, 5.74) is 3.81. The predicted octanol–water partition coefficient (Wildman–Crippen LogP) is 3.10. The summed E-state index contributed by atoms with van der Waals surface area (Å²) in [5, 5.41) is 7.04. The lowest BCUT2D eigenvalue weighted by Gasteiger charge is -2.26. The molecule has 4 rings (SSSR count). The van der Waals surface area contributed by atoms with E-state index in [4.69, 9.17) is 4.74 Å². The van der Waals surface area contributed by atoms with Gasteiger partial charge in [-0.25, -0.2) is 0 Å². The van der Waals surface area contributed by atoms with Crippen LogP contribution in [0.3, 0.4) is 0 Å². The van der Waals surface area contributed by atoms with Crippen LogP contribution in [-0.4, -0.2) is 32.5 Å². The van der Waals surface area contributed by atoms with Gasteiger partial charge in [0.2, 0.25) is 0 Å². The molecule has 1 aromatic carbocycles. The van der Waals surface area contributed by atoms with E-state index in [2.05, 4.69) is 15.2 Å². The molecule has 0 radical (unpaired) electrons. The number of amides is 1. The number of benzene rings is 1. The third-order valence-electron chi connectivity index (χ3n) is 4.40. The second kappa shape index (κ2) is 6.39. The van der Waals surface area contributed by atoms with Gasteiger partial charge in [-0.05, 0) is 36.8 Å². The van der Waals surface area contributed by atoms with Crippen LogP contribution in [0.4, 0.5) is 0 Å². The van der Waals surface area contributed by atoms with Crippen molar-refractivity contribution in [3.8, 4) is 11.5 Å². The summed E-state index contributed by atoms with van der Waals surface area (Å²) in [7, 11) is 0. The number of carbonyl (C=O) groups excluding carboxylic acids is 1. The van der Waals surface area contributed by atoms with Crippen molar-refractivity contribution in [2.75, 3.05) is 6.54 Å². The highest BCUT2D eigenvalue weighted by Gasteiger charge is 2.23. The zero-order valence-corrected chi connectivity index (χ0v) is 13.9. The number of fused-ring (bicyclic) bond motifs is 1. The maximum absolute atomic E-state index is 12.9. The molecule has 1 N–H and O–H groups in total. The molecule has 126 valence electrons.